The number of hydrogen-bond donors (Lipinski definition) is 1. The Morgan fingerprint density at radius 3 is 2.40 bits per heavy atom. The number of halogens is 1. The summed E-state index contributed by atoms with van der Waals surface area (Å²) >= 11 is 6.39. The summed E-state index contributed by atoms with van der Waals surface area (Å²) in [7, 11) is 1.88. The summed E-state index contributed by atoms with van der Waals surface area (Å²) in [5.41, 5.74) is 3.59. The molecule has 0 bridgehead atoms. The molecule has 0 amide bonds. The van der Waals surface area contributed by atoms with Gasteiger partial charge in [0.05, 0.1) is 11.3 Å². The van der Waals surface area contributed by atoms with Crippen LogP contribution < -0.4 is 4.90 Å². The lowest BCUT2D eigenvalue weighted by molar-refractivity contribution is 0.0697. The molecule has 0 unspecified atom stereocenters. The minimum atomic E-state index is -0.892. The van der Waals surface area contributed by atoms with Gasteiger partial charge in [-0.25, -0.2) is 4.79 Å². The summed E-state index contributed by atoms with van der Waals surface area (Å²) in [5, 5.41) is 14.2. The maximum absolute atomic E-state index is 10.9. The van der Waals surface area contributed by atoms with Gasteiger partial charge in [-0.1, -0.05) is 18.5 Å². The van der Waals surface area contributed by atoms with Gasteiger partial charge in [0.25, 0.3) is 0 Å². The number of anilines is 1. The first-order valence-corrected chi connectivity index (χ1v) is 8.88. The van der Waals surface area contributed by atoms with Gasteiger partial charge in [0, 0.05) is 51.0 Å². The molecule has 0 saturated carbocycles. The Bertz CT molecular complexity index is 749. The lowest BCUT2D eigenvalue weighted by atomic mass is 10.1. The molecule has 134 valence electrons. The van der Waals surface area contributed by atoms with E-state index in [1.54, 1.807) is 16.8 Å². The third-order valence-electron chi connectivity index (χ3n) is 4.72. The van der Waals surface area contributed by atoms with E-state index in [1.807, 2.05) is 19.2 Å². The van der Waals surface area contributed by atoms with Gasteiger partial charge in [0.2, 0.25) is 0 Å². The van der Waals surface area contributed by atoms with Crippen molar-refractivity contribution in [2.75, 3.05) is 31.1 Å². The van der Waals surface area contributed by atoms with E-state index in [-0.39, 0.29) is 0 Å². The van der Waals surface area contributed by atoms with Gasteiger partial charge in [-0.3, -0.25) is 9.58 Å². The number of rotatable bonds is 5. The zero-order valence-electron chi connectivity index (χ0n) is 14.6. The first-order valence-electron chi connectivity index (χ1n) is 8.50. The number of carboxylic acid groups (broad SMARTS) is 1. The van der Waals surface area contributed by atoms with Crippen molar-refractivity contribution >= 4 is 23.3 Å². The molecule has 0 radical (unpaired) electrons. The van der Waals surface area contributed by atoms with E-state index in [0.29, 0.717) is 5.56 Å². The molecule has 2 heterocycles. The molecule has 1 saturated heterocycles. The second-order valence-corrected chi connectivity index (χ2v) is 6.67. The molecule has 1 aromatic carbocycles. The van der Waals surface area contributed by atoms with Gasteiger partial charge in [-0.2, -0.15) is 5.10 Å². The van der Waals surface area contributed by atoms with Crippen molar-refractivity contribution in [3.05, 3.63) is 46.2 Å². The molecule has 1 fully saturated rings. The Balaban J connectivity index is 1.61. The molecule has 2 aromatic rings. The van der Waals surface area contributed by atoms with Gasteiger partial charge in [0.1, 0.15) is 5.15 Å². The number of carboxylic acids is 1. The average Bonchev–Trinajstić information content (AvgIpc) is 2.90. The zero-order chi connectivity index (χ0) is 18.0. The number of piperazine rings is 1. The van der Waals surface area contributed by atoms with Crippen molar-refractivity contribution in [1.82, 2.24) is 14.7 Å². The normalized spacial score (nSPS) is 15.6. The third kappa shape index (κ3) is 3.80. The molecule has 1 aliphatic heterocycles. The Labute approximate surface area is 152 Å². The highest BCUT2D eigenvalue weighted by atomic mass is 35.5. The fourth-order valence-corrected chi connectivity index (χ4v) is 3.45. The second kappa shape index (κ2) is 7.45. The lowest BCUT2D eigenvalue weighted by Crippen LogP contribution is -2.46. The fourth-order valence-electron chi connectivity index (χ4n) is 3.24. The van der Waals surface area contributed by atoms with Crippen LogP contribution in [0, 0.1) is 0 Å². The fraction of sp³-hybridized carbons (Fsp3) is 0.444. The molecule has 0 aliphatic carbocycles. The number of aromatic nitrogens is 2. The van der Waals surface area contributed by atoms with Crippen LogP contribution in [-0.2, 0) is 20.0 Å². The zero-order valence-corrected chi connectivity index (χ0v) is 15.3. The van der Waals surface area contributed by atoms with Crippen LogP contribution in [0.4, 0.5) is 5.69 Å². The molecule has 7 heteroatoms. The van der Waals surface area contributed by atoms with Crippen LogP contribution in [-0.4, -0.2) is 51.9 Å². The summed E-state index contributed by atoms with van der Waals surface area (Å²) in [6, 6.07) is 7.08. The summed E-state index contributed by atoms with van der Waals surface area (Å²) in [6.07, 6.45) is 0.881. The van der Waals surface area contributed by atoms with Crippen LogP contribution in [0.1, 0.15) is 28.5 Å². The van der Waals surface area contributed by atoms with Gasteiger partial charge in [0.15, 0.2) is 0 Å². The molecular weight excluding hydrogens is 340 g/mol. The van der Waals surface area contributed by atoms with Crippen LogP contribution >= 0.6 is 11.6 Å². The molecule has 6 nitrogen and oxygen atoms in total. The van der Waals surface area contributed by atoms with E-state index < -0.39 is 5.97 Å². The first kappa shape index (κ1) is 17.8. The van der Waals surface area contributed by atoms with Gasteiger partial charge >= 0.3 is 5.97 Å². The van der Waals surface area contributed by atoms with Crippen molar-refractivity contribution in [1.29, 1.82) is 0 Å². The molecule has 0 atom stereocenters. The van der Waals surface area contributed by atoms with Crippen molar-refractivity contribution in [3.8, 4) is 0 Å². The number of carbonyl (C=O) groups is 1. The smallest absolute Gasteiger partial charge is 0.335 e. The standard InChI is InChI=1S/C18H23ClN4O2/c1-3-16-15(17(19)21(2)20-16)12-22-8-10-23(11-9-22)14-6-4-13(5-7-14)18(24)25/h4-7H,3,8-12H2,1-2H3,(H,24,25). The van der Waals surface area contributed by atoms with Crippen LogP contribution in [0.3, 0.4) is 0 Å². The highest BCUT2D eigenvalue weighted by Crippen LogP contribution is 2.23. The third-order valence-corrected chi connectivity index (χ3v) is 5.19. The van der Waals surface area contributed by atoms with E-state index >= 15 is 0 Å². The average molecular weight is 363 g/mol. The molecule has 1 aliphatic rings. The van der Waals surface area contributed by atoms with Gasteiger partial charge in [-0.15, -0.1) is 0 Å². The van der Waals surface area contributed by atoms with Crippen molar-refractivity contribution in [2.24, 2.45) is 7.05 Å². The monoisotopic (exact) mass is 362 g/mol. The number of hydrogen-bond acceptors (Lipinski definition) is 4. The lowest BCUT2D eigenvalue weighted by Gasteiger charge is -2.36. The Kier molecular flexibility index (Phi) is 5.30. The maximum Gasteiger partial charge on any atom is 0.335 e. The van der Waals surface area contributed by atoms with Crippen molar-refractivity contribution < 1.29 is 9.90 Å². The minimum Gasteiger partial charge on any atom is -0.478 e. The maximum atomic E-state index is 10.9. The molecule has 3 rings (SSSR count). The SMILES string of the molecule is CCc1nn(C)c(Cl)c1CN1CCN(c2ccc(C(=O)O)cc2)CC1. The van der Waals surface area contributed by atoms with Crippen LogP contribution in [0.15, 0.2) is 24.3 Å². The number of nitrogens with zero attached hydrogens (tertiary/aromatic N) is 4. The number of aryl methyl sites for hydroxylation is 2. The quantitative estimate of drug-likeness (QED) is 0.886. The van der Waals surface area contributed by atoms with Gasteiger partial charge < -0.3 is 10.0 Å². The van der Waals surface area contributed by atoms with Crippen LogP contribution in [0.2, 0.25) is 5.15 Å². The molecule has 25 heavy (non-hydrogen) atoms. The van der Waals surface area contributed by atoms with Crippen molar-refractivity contribution in [2.45, 2.75) is 19.9 Å². The largest absolute Gasteiger partial charge is 0.478 e. The number of benzene rings is 1. The predicted octanol–water partition coefficient (Wildman–Crippen LogP) is 2.66. The molecular formula is C18H23ClN4O2. The summed E-state index contributed by atoms with van der Waals surface area (Å²) in [4.78, 5) is 15.6. The van der Waals surface area contributed by atoms with Crippen molar-refractivity contribution in [3.63, 3.8) is 0 Å². The van der Waals surface area contributed by atoms with E-state index in [1.165, 1.54) is 0 Å². The summed E-state index contributed by atoms with van der Waals surface area (Å²) in [6.45, 7) is 6.62. The second-order valence-electron chi connectivity index (χ2n) is 6.31. The topological polar surface area (TPSA) is 61.6 Å². The van der Waals surface area contributed by atoms with Crippen LogP contribution in [0.25, 0.3) is 0 Å². The van der Waals surface area contributed by atoms with E-state index in [0.717, 1.165) is 61.2 Å². The molecule has 1 N–H and O–H groups in total. The Morgan fingerprint density at radius 2 is 1.84 bits per heavy atom. The van der Waals surface area contributed by atoms with E-state index in [2.05, 4.69) is 21.8 Å². The highest BCUT2D eigenvalue weighted by molar-refractivity contribution is 6.30. The van der Waals surface area contributed by atoms with Gasteiger partial charge in [-0.05, 0) is 30.7 Å². The molecule has 1 aromatic heterocycles. The van der Waals surface area contributed by atoms with E-state index in [9.17, 15) is 4.79 Å². The minimum absolute atomic E-state index is 0.320. The Morgan fingerprint density at radius 1 is 1.20 bits per heavy atom. The van der Waals surface area contributed by atoms with Crippen LogP contribution in [0.5, 0.6) is 0 Å². The summed E-state index contributed by atoms with van der Waals surface area (Å²) in [5.74, 6) is -0.892. The predicted molar refractivity (Wildman–Crippen MR) is 98.5 cm³/mol. The highest BCUT2D eigenvalue weighted by Gasteiger charge is 2.21. The van der Waals surface area contributed by atoms with E-state index in [4.69, 9.17) is 16.7 Å². The molecule has 0 spiro atoms. The Hall–Kier alpha value is -2.05. The number of aromatic carboxylic acids is 1. The summed E-state index contributed by atoms with van der Waals surface area (Å²) < 4.78 is 1.75. The first-order chi connectivity index (χ1) is 12.0.